The highest BCUT2D eigenvalue weighted by Crippen LogP contribution is 2.49. The summed E-state index contributed by atoms with van der Waals surface area (Å²) < 4.78 is 7.17. The molecule has 0 aliphatic carbocycles. The summed E-state index contributed by atoms with van der Waals surface area (Å²) >= 11 is 0. The van der Waals surface area contributed by atoms with E-state index in [4.69, 9.17) is 0 Å². The molecule has 678 valence electrons. The maximum Gasteiger partial charge on any atom is 0.0547 e. The van der Waals surface area contributed by atoms with Crippen molar-refractivity contribution in [3.63, 3.8) is 0 Å². The van der Waals surface area contributed by atoms with Crippen molar-refractivity contribution in [2.75, 3.05) is 9.80 Å². The molecule has 0 saturated carbocycles. The van der Waals surface area contributed by atoms with Gasteiger partial charge in [-0.1, -0.05) is 437 Å². The zero-order valence-corrected chi connectivity index (χ0v) is 79.2. The van der Waals surface area contributed by atoms with Crippen molar-refractivity contribution in [1.82, 2.24) is 13.7 Å². The zero-order chi connectivity index (χ0) is 95.6. The minimum absolute atomic E-state index is 0.0711. The third kappa shape index (κ3) is 16.5. The highest BCUT2D eigenvalue weighted by Gasteiger charge is 2.26. The molecule has 0 atom stereocenters. The van der Waals surface area contributed by atoms with E-state index in [9.17, 15) is 0 Å². The van der Waals surface area contributed by atoms with E-state index in [2.05, 4.69) is 606 Å². The van der Waals surface area contributed by atoms with Gasteiger partial charge in [0.15, 0.2) is 0 Å². The summed E-state index contributed by atoms with van der Waals surface area (Å²) in [6.07, 6.45) is 0. The van der Waals surface area contributed by atoms with Crippen LogP contribution in [-0.4, -0.2) is 13.7 Å². The minimum atomic E-state index is 0.0711. The lowest BCUT2D eigenvalue weighted by atomic mass is 9.83. The van der Waals surface area contributed by atoms with Crippen molar-refractivity contribution >= 4 is 132 Å². The molecule has 5 heteroatoms. The lowest BCUT2D eigenvalue weighted by Crippen LogP contribution is -2.10. The number of anilines is 6. The molecule has 3 heterocycles. The summed E-state index contributed by atoms with van der Waals surface area (Å²) in [5, 5.41) is 15.1. The van der Waals surface area contributed by atoms with Crippen LogP contribution in [0.2, 0.25) is 0 Å². The lowest BCUT2D eigenvalue weighted by Gasteiger charge is -2.27. The van der Waals surface area contributed by atoms with Gasteiger partial charge in [0.05, 0.1) is 38.8 Å². The van der Waals surface area contributed by atoms with Crippen LogP contribution in [0.4, 0.5) is 34.1 Å². The Morgan fingerprint density at radius 1 is 0.139 bits per heavy atom. The van der Waals surface area contributed by atoms with Crippen LogP contribution in [0.5, 0.6) is 0 Å². The number of para-hydroxylation sites is 6. The minimum Gasteiger partial charge on any atom is -0.310 e. The number of aromatic nitrogens is 3. The number of hydrogen-bond acceptors (Lipinski definition) is 2. The number of rotatable bonds is 18. The maximum atomic E-state index is 2.44. The summed E-state index contributed by atoms with van der Waals surface area (Å²) in [6, 6.07) is 210. The van der Waals surface area contributed by atoms with Crippen LogP contribution < -0.4 is 9.80 Å². The summed E-state index contributed by atoms with van der Waals surface area (Å²) in [7, 11) is 0. The number of benzene rings is 24. The van der Waals surface area contributed by atoms with Crippen molar-refractivity contribution < 1.29 is 0 Å². The van der Waals surface area contributed by atoms with Gasteiger partial charge >= 0.3 is 0 Å². The van der Waals surface area contributed by atoms with Crippen LogP contribution in [0, 0.1) is 0 Å². The van der Waals surface area contributed by atoms with Gasteiger partial charge in [0.2, 0.25) is 0 Å². The maximum absolute atomic E-state index is 2.44. The smallest absolute Gasteiger partial charge is 0.0547 e. The van der Waals surface area contributed by atoms with E-state index in [-0.39, 0.29) is 5.92 Å². The van der Waals surface area contributed by atoms with Gasteiger partial charge in [-0.2, -0.15) is 0 Å². The van der Waals surface area contributed by atoms with Gasteiger partial charge in [0.1, 0.15) is 0 Å². The van der Waals surface area contributed by atoms with Gasteiger partial charge in [-0.25, -0.2) is 0 Å². The van der Waals surface area contributed by atoms with Crippen LogP contribution in [0.1, 0.15) is 22.6 Å². The summed E-state index contributed by atoms with van der Waals surface area (Å²) in [6.45, 7) is 0. The highest BCUT2D eigenvalue weighted by atomic mass is 15.1. The molecule has 0 fully saturated rings. The van der Waals surface area contributed by atoms with Crippen LogP contribution >= 0.6 is 0 Å². The Bertz CT molecular complexity index is 8900. The molecule has 0 unspecified atom stereocenters. The molecule has 0 saturated heterocycles. The van der Waals surface area contributed by atoms with Crippen molar-refractivity contribution in [3.05, 3.63) is 599 Å². The normalized spacial score (nSPS) is 11.4. The Balaban J connectivity index is 0.000000113. The molecule has 0 amide bonds. The fourth-order valence-corrected chi connectivity index (χ4v) is 21.7. The first-order chi connectivity index (χ1) is 71.5. The molecule has 0 aliphatic heterocycles. The molecule has 0 bridgehead atoms. The zero-order valence-electron chi connectivity index (χ0n) is 79.2. The van der Waals surface area contributed by atoms with E-state index in [1.165, 1.54) is 193 Å². The van der Waals surface area contributed by atoms with Crippen LogP contribution in [-0.2, 0) is 0 Å². The Morgan fingerprint density at radius 3 is 0.757 bits per heavy atom. The molecule has 5 nitrogen and oxygen atoms in total. The fraction of sp³-hybridized carbons (Fsp3) is 0.00719. The molecule has 27 aromatic rings. The van der Waals surface area contributed by atoms with E-state index >= 15 is 0 Å². The van der Waals surface area contributed by atoms with Crippen molar-refractivity contribution in [3.8, 4) is 83.8 Å². The Morgan fingerprint density at radius 2 is 0.396 bits per heavy atom. The first-order valence-corrected chi connectivity index (χ1v) is 49.5. The van der Waals surface area contributed by atoms with Crippen molar-refractivity contribution in [2.24, 2.45) is 0 Å². The standard InChI is InChI=1S/C47H33N.2C46H32N2/c1-4-12-33(13-5-1)35-20-25-38(26-21-35)46(39-27-22-36(23-28-39)34-14-6-2-7-15-34)40-29-24-37-30-31-45-47(43(37)32-40)42-18-10-11-19-44(42)48(45)41-16-8-3-9-17-41;1-4-13-33(14-5-1)35-23-27-38(28-24-35)47(39-29-25-36(26-30-39)34-15-6-2-7-16-34)43-22-12-20-41-40(43)31-32-45-46(41)42-19-10-11-21-44(42)48(45)37-17-8-3-9-18-37;1-4-12-33(13-5-1)35-20-25-39(26-21-35)47(40-27-22-36(23-28-40)34-14-6-2-7-15-34)41-29-30-42-37(32-41)24-31-45-46(42)43-18-10-11-19-44(43)48(45)38-16-8-3-9-17-38/h1-32,46H;2*1-32H. The number of fused-ring (bicyclic) bond motifs is 15. The third-order valence-corrected chi connectivity index (χ3v) is 28.5. The molecule has 144 heavy (non-hydrogen) atoms. The van der Waals surface area contributed by atoms with E-state index in [0.29, 0.717) is 0 Å². The molecule has 0 radical (unpaired) electrons. The molecule has 3 aromatic heterocycles. The first kappa shape index (κ1) is 86.6. The van der Waals surface area contributed by atoms with E-state index in [1.807, 2.05) is 0 Å². The topological polar surface area (TPSA) is 21.3 Å². The average Bonchev–Trinajstić information content (AvgIpc) is 1.57. The number of hydrogen-bond donors (Lipinski definition) is 0. The summed E-state index contributed by atoms with van der Waals surface area (Å²) in [4.78, 5) is 4.76. The van der Waals surface area contributed by atoms with Crippen molar-refractivity contribution in [1.29, 1.82) is 0 Å². The van der Waals surface area contributed by atoms with Crippen LogP contribution in [0.3, 0.4) is 0 Å². The summed E-state index contributed by atoms with van der Waals surface area (Å²) in [5.74, 6) is 0.0711. The predicted octanol–water partition coefficient (Wildman–Crippen LogP) is 37.9. The van der Waals surface area contributed by atoms with Crippen molar-refractivity contribution in [2.45, 2.75) is 5.92 Å². The molecule has 0 N–H and O–H groups in total. The van der Waals surface area contributed by atoms with Crippen LogP contribution in [0.15, 0.2) is 582 Å². The van der Waals surface area contributed by atoms with Gasteiger partial charge in [0, 0.05) is 89.1 Å². The molecule has 27 rings (SSSR count). The largest absolute Gasteiger partial charge is 0.310 e. The fourth-order valence-electron chi connectivity index (χ4n) is 21.7. The lowest BCUT2D eigenvalue weighted by molar-refractivity contribution is 0.981. The Kier molecular flexibility index (Phi) is 23.1. The molecule has 0 aliphatic rings. The Labute approximate surface area is 838 Å². The SMILES string of the molecule is c1ccc(-c2ccc(C(c3ccc(-c4ccccc4)cc3)c3ccc4ccc5c(c4c3)c3ccccc3n5-c3ccccc3)cc2)cc1.c1ccc(-c2ccc(N(c3ccc(-c4ccccc4)cc3)c3ccc4c(ccc5c4c4ccccc4n5-c4ccccc4)c3)cc2)cc1.c1ccc(-c2ccc(N(c3ccc(-c4ccccc4)cc3)c3cccc4c3ccc3c4c4ccccc4n3-c3ccccc3)cc2)cc1. The average molecular weight is 1840 g/mol. The van der Waals surface area contributed by atoms with Gasteiger partial charge in [-0.15, -0.1) is 0 Å². The molecule has 0 spiro atoms. The van der Waals surface area contributed by atoms with E-state index in [1.54, 1.807) is 0 Å². The molecular formula is C139H97N5. The number of nitrogens with zero attached hydrogens (tertiary/aromatic N) is 5. The molecular weight excluding hydrogens is 1740 g/mol. The summed E-state index contributed by atoms with van der Waals surface area (Å²) in [5.41, 5.74) is 35.9. The van der Waals surface area contributed by atoms with Gasteiger partial charge in [0.25, 0.3) is 0 Å². The second-order valence-electron chi connectivity index (χ2n) is 36.9. The second-order valence-corrected chi connectivity index (χ2v) is 36.9. The third-order valence-electron chi connectivity index (χ3n) is 28.5. The first-order valence-electron chi connectivity index (χ1n) is 49.5. The van der Waals surface area contributed by atoms with E-state index < -0.39 is 0 Å². The van der Waals surface area contributed by atoms with Gasteiger partial charge in [-0.3, -0.25) is 0 Å². The van der Waals surface area contributed by atoms with Gasteiger partial charge in [-0.05, 0) is 256 Å². The quantitative estimate of drug-likeness (QED) is 0.0799. The van der Waals surface area contributed by atoms with E-state index in [0.717, 1.165) is 39.8 Å². The van der Waals surface area contributed by atoms with Gasteiger partial charge < -0.3 is 23.5 Å². The molecule has 24 aromatic carbocycles. The Hall–Kier alpha value is -18.9. The monoisotopic (exact) mass is 1840 g/mol. The second kappa shape index (κ2) is 38.4. The van der Waals surface area contributed by atoms with Crippen LogP contribution in [0.25, 0.3) is 182 Å². The highest BCUT2D eigenvalue weighted by molar-refractivity contribution is 6.25. The predicted molar refractivity (Wildman–Crippen MR) is 611 cm³/mol.